The molecule has 0 atom stereocenters. The largest absolute Gasteiger partial charge is 0.295 e. The van der Waals surface area contributed by atoms with Gasteiger partial charge >= 0.3 is 0 Å². The molecule has 0 fully saturated rings. The molecule has 0 saturated carbocycles. The molecule has 1 N–H and O–H groups in total. The summed E-state index contributed by atoms with van der Waals surface area (Å²) in [6.07, 6.45) is 0.672. The molecule has 0 radical (unpaired) electrons. The Labute approximate surface area is 136 Å². The van der Waals surface area contributed by atoms with Gasteiger partial charge in [-0.25, -0.2) is 0 Å². The van der Waals surface area contributed by atoms with E-state index in [9.17, 15) is 13.2 Å². The van der Waals surface area contributed by atoms with E-state index in [-0.39, 0.29) is 4.90 Å². The van der Waals surface area contributed by atoms with Gasteiger partial charge in [0.15, 0.2) is 0 Å². The lowest BCUT2D eigenvalue weighted by molar-refractivity contribution is -0.113. The van der Waals surface area contributed by atoms with Gasteiger partial charge in [0.1, 0.15) is 11.5 Å². The second kappa shape index (κ2) is 7.01. The van der Waals surface area contributed by atoms with Crippen molar-refractivity contribution in [3.63, 3.8) is 0 Å². The van der Waals surface area contributed by atoms with E-state index in [1.165, 1.54) is 17.2 Å². The predicted octanol–water partition coefficient (Wildman–Crippen LogP) is 2.79. The third-order valence-electron chi connectivity index (χ3n) is 2.80. The summed E-state index contributed by atoms with van der Waals surface area (Å²) in [6.45, 7) is 0.495. The molecule has 0 aromatic heterocycles. The molecule has 1 aliphatic rings. The maximum Gasteiger partial charge on any atom is 0.295 e. The van der Waals surface area contributed by atoms with E-state index in [1.54, 1.807) is 12.1 Å². The zero-order chi connectivity index (χ0) is 16.2. The molecule has 0 saturated heterocycles. The molecule has 0 aliphatic carbocycles. The van der Waals surface area contributed by atoms with Gasteiger partial charge in [0.25, 0.3) is 10.1 Å². The number of fused-ring (bicyclic) bond motifs is 1. The van der Waals surface area contributed by atoms with Crippen LogP contribution >= 0.6 is 15.9 Å². The van der Waals surface area contributed by atoms with Crippen molar-refractivity contribution in [1.29, 1.82) is 0 Å². The number of nitrogens with zero attached hydrogens (tertiary/aromatic N) is 1. The molecule has 22 heavy (non-hydrogen) atoms. The number of anilines is 1. The number of carbonyl (C=O) groups is 1. The third kappa shape index (κ3) is 3.92. The quantitative estimate of drug-likeness (QED) is 0.634. The monoisotopic (exact) mass is 385 g/mol. The van der Waals surface area contributed by atoms with Crippen LogP contribution < -0.4 is 5.06 Å². The lowest BCUT2D eigenvalue weighted by Crippen LogP contribution is -2.14. The Morgan fingerprint density at radius 2 is 1.77 bits per heavy atom. The zero-order valence-electron chi connectivity index (χ0n) is 11.2. The van der Waals surface area contributed by atoms with Crippen LogP contribution in [-0.2, 0) is 26.4 Å². The van der Waals surface area contributed by atoms with Gasteiger partial charge in [-0.15, -0.1) is 0 Å². The summed E-state index contributed by atoms with van der Waals surface area (Å²) in [5.74, 6) is 0. The molecule has 116 valence electrons. The topological polar surface area (TPSA) is 83.9 Å². The normalized spacial score (nSPS) is 13.1. The summed E-state index contributed by atoms with van der Waals surface area (Å²) in [6, 6.07) is 13.7. The first-order valence-electron chi connectivity index (χ1n) is 6.11. The summed E-state index contributed by atoms with van der Waals surface area (Å²) in [5.41, 5.74) is 1.90. The van der Waals surface area contributed by atoms with Crippen molar-refractivity contribution < 1.29 is 22.6 Å². The number of halogens is 1. The van der Waals surface area contributed by atoms with Gasteiger partial charge < -0.3 is 0 Å². The fraction of sp³-hybridized carbons (Fsp3) is 0.0714. The fourth-order valence-corrected chi connectivity index (χ4v) is 3.26. The van der Waals surface area contributed by atoms with Crippen molar-refractivity contribution in [2.75, 3.05) is 5.06 Å². The highest BCUT2D eigenvalue weighted by Gasteiger charge is 2.17. The van der Waals surface area contributed by atoms with Crippen molar-refractivity contribution >= 4 is 38.1 Å². The molecule has 0 bridgehead atoms. The highest BCUT2D eigenvalue weighted by Crippen LogP contribution is 2.26. The Morgan fingerprint density at radius 3 is 2.36 bits per heavy atom. The van der Waals surface area contributed by atoms with Crippen LogP contribution in [0.3, 0.4) is 0 Å². The van der Waals surface area contributed by atoms with E-state index in [1.807, 2.05) is 24.3 Å². The minimum atomic E-state index is -4.08. The first-order valence-corrected chi connectivity index (χ1v) is 8.34. The lowest BCUT2D eigenvalue weighted by Gasteiger charge is -2.06. The summed E-state index contributed by atoms with van der Waals surface area (Å²) in [7, 11) is -4.08. The van der Waals surface area contributed by atoms with Gasteiger partial charge in [-0.2, -0.15) is 13.5 Å². The van der Waals surface area contributed by atoms with Crippen LogP contribution in [0.25, 0.3) is 0 Å². The molecular formula is C14H12BrNO5S. The molecule has 3 rings (SSSR count). The number of hydroxylamine groups is 1. The molecule has 1 heterocycles. The van der Waals surface area contributed by atoms with Crippen LogP contribution in [0.1, 0.15) is 5.56 Å². The first kappa shape index (κ1) is 16.6. The number of carbonyl (C=O) groups excluding carboxylic acids is 1. The van der Waals surface area contributed by atoms with E-state index in [0.29, 0.717) is 17.5 Å². The standard InChI is InChI=1S/C8H7NO2.C6H5BrO3S/c10-6-9-8-4-2-1-3-7(8)5-11-9;7-5-3-1-2-4-6(5)11(8,9)10/h1-4,6H,5H2;1-4H,(H,8,9,10). The second-order valence-electron chi connectivity index (χ2n) is 4.24. The predicted molar refractivity (Wildman–Crippen MR) is 83.7 cm³/mol. The Kier molecular flexibility index (Phi) is 5.30. The Bertz CT molecular complexity index is 778. The molecule has 1 aliphatic heterocycles. The molecule has 6 nitrogen and oxygen atoms in total. The number of hydrogen-bond acceptors (Lipinski definition) is 4. The molecule has 0 unspecified atom stereocenters. The van der Waals surface area contributed by atoms with E-state index >= 15 is 0 Å². The van der Waals surface area contributed by atoms with Crippen molar-refractivity contribution in [1.82, 2.24) is 0 Å². The highest BCUT2D eigenvalue weighted by atomic mass is 79.9. The van der Waals surface area contributed by atoms with Crippen LogP contribution in [0.15, 0.2) is 57.9 Å². The average molecular weight is 386 g/mol. The van der Waals surface area contributed by atoms with Gasteiger partial charge in [-0.1, -0.05) is 30.3 Å². The smallest absolute Gasteiger partial charge is 0.282 e. The van der Waals surface area contributed by atoms with Crippen LogP contribution in [0.5, 0.6) is 0 Å². The van der Waals surface area contributed by atoms with Crippen molar-refractivity contribution in [3.8, 4) is 0 Å². The van der Waals surface area contributed by atoms with Crippen molar-refractivity contribution in [3.05, 3.63) is 58.6 Å². The number of rotatable bonds is 2. The van der Waals surface area contributed by atoms with Crippen LogP contribution in [0.4, 0.5) is 5.69 Å². The average Bonchev–Trinajstić information content (AvgIpc) is 2.90. The highest BCUT2D eigenvalue weighted by molar-refractivity contribution is 9.10. The van der Waals surface area contributed by atoms with E-state index in [2.05, 4.69) is 15.9 Å². The maximum atomic E-state index is 10.6. The van der Waals surface area contributed by atoms with Gasteiger partial charge in [0.05, 0.1) is 5.69 Å². The minimum Gasteiger partial charge on any atom is -0.282 e. The molecule has 8 heteroatoms. The van der Waals surface area contributed by atoms with E-state index in [4.69, 9.17) is 9.39 Å². The van der Waals surface area contributed by atoms with E-state index < -0.39 is 10.1 Å². The van der Waals surface area contributed by atoms with Gasteiger partial charge in [-0.05, 0) is 34.1 Å². The Morgan fingerprint density at radius 1 is 1.14 bits per heavy atom. The Balaban J connectivity index is 0.000000160. The van der Waals surface area contributed by atoms with Gasteiger partial charge in [0, 0.05) is 10.0 Å². The van der Waals surface area contributed by atoms with Crippen LogP contribution in [0, 0.1) is 0 Å². The number of amides is 1. The molecule has 1 amide bonds. The minimum absolute atomic E-state index is 0.111. The summed E-state index contributed by atoms with van der Waals surface area (Å²) < 4.78 is 30.1. The van der Waals surface area contributed by atoms with Crippen molar-refractivity contribution in [2.24, 2.45) is 0 Å². The lowest BCUT2D eigenvalue weighted by atomic mass is 10.2. The summed E-state index contributed by atoms with van der Waals surface area (Å²) in [4.78, 5) is 15.3. The summed E-state index contributed by atoms with van der Waals surface area (Å²) >= 11 is 2.99. The van der Waals surface area contributed by atoms with Crippen LogP contribution in [0.2, 0.25) is 0 Å². The summed E-state index contributed by atoms with van der Waals surface area (Å²) in [5, 5.41) is 1.25. The SMILES string of the molecule is O=CN1OCc2ccccc21.O=S(=O)(O)c1ccccc1Br. The van der Waals surface area contributed by atoms with Gasteiger partial charge in [-0.3, -0.25) is 14.2 Å². The first-order chi connectivity index (χ1) is 10.4. The maximum absolute atomic E-state index is 10.6. The second-order valence-corrected chi connectivity index (χ2v) is 6.48. The van der Waals surface area contributed by atoms with Gasteiger partial charge in [0.2, 0.25) is 6.41 Å². The fourth-order valence-electron chi connectivity index (χ4n) is 1.80. The number of hydrogen-bond donors (Lipinski definition) is 1. The molecule has 2 aromatic rings. The van der Waals surface area contributed by atoms with Crippen molar-refractivity contribution in [2.45, 2.75) is 11.5 Å². The number of benzene rings is 2. The molecular weight excluding hydrogens is 374 g/mol. The molecule has 2 aromatic carbocycles. The third-order valence-corrected chi connectivity index (χ3v) is 4.66. The van der Waals surface area contributed by atoms with E-state index in [0.717, 1.165) is 11.3 Å². The molecule has 0 spiro atoms. The van der Waals surface area contributed by atoms with Crippen LogP contribution in [-0.4, -0.2) is 19.4 Å². The Hall–Kier alpha value is -1.74. The zero-order valence-corrected chi connectivity index (χ0v) is 13.6. The number of para-hydroxylation sites is 1.